The van der Waals surface area contributed by atoms with E-state index in [0.29, 0.717) is 18.6 Å². The maximum atomic E-state index is 13.3. The summed E-state index contributed by atoms with van der Waals surface area (Å²) in [6.07, 6.45) is 8.51. The molecule has 7 rings (SSSR count). The van der Waals surface area contributed by atoms with Crippen molar-refractivity contribution in [3.8, 4) is 11.5 Å². The summed E-state index contributed by atoms with van der Waals surface area (Å²) in [6.45, 7) is 1.97. The fourth-order valence-corrected chi connectivity index (χ4v) is 7.86. The Bertz CT molecular complexity index is 1240. The number of hydrogen-bond donors (Lipinski definition) is 2. The second-order valence-electron chi connectivity index (χ2n) is 11.6. The van der Waals surface area contributed by atoms with Crippen LogP contribution in [0.5, 0.6) is 11.5 Å². The molecule has 6 nitrogen and oxygen atoms in total. The molecule has 1 spiro atoms. The van der Waals surface area contributed by atoms with Crippen molar-refractivity contribution in [1.82, 2.24) is 9.80 Å². The maximum absolute atomic E-state index is 13.3. The van der Waals surface area contributed by atoms with Crippen molar-refractivity contribution in [3.05, 3.63) is 65.2 Å². The molecule has 2 N–H and O–H groups in total. The Balaban J connectivity index is 1.26. The molecule has 188 valence electrons. The number of carbonyl (C=O) groups is 1. The number of rotatable bonds is 5. The third-order valence-electron chi connectivity index (χ3n) is 9.79. The van der Waals surface area contributed by atoms with Crippen molar-refractivity contribution in [2.75, 3.05) is 20.1 Å². The number of aliphatic hydroxyl groups is 1. The molecule has 36 heavy (non-hydrogen) atoms. The van der Waals surface area contributed by atoms with E-state index in [9.17, 15) is 15.0 Å². The Morgan fingerprint density at radius 2 is 1.97 bits per heavy atom. The molecule has 2 saturated carbocycles. The van der Waals surface area contributed by atoms with Crippen molar-refractivity contribution in [2.24, 2.45) is 5.92 Å². The van der Waals surface area contributed by atoms with Crippen molar-refractivity contribution < 1.29 is 19.7 Å². The van der Waals surface area contributed by atoms with Crippen LogP contribution in [0.4, 0.5) is 0 Å². The summed E-state index contributed by atoms with van der Waals surface area (Å²) >= 11 is 0. The molecule has 3 fully saturated rings. The van der Waals surface area contributed by atoms with E-state index in [1.165, 1.54) is 18.4 Å². The van der Waals surface area contributed by atoms with Crippen molar-refractivity contribution in [3.63, 3.8) is 0 Å². The number of likely N-dealkylation sites (N-methyl/N-ethyl adjacent to an activating group) is 1. The van der Waals surface area contributed by atoms with Crippen molar-refractivity contribution in [1.29, 1.82) is 0 Å². The van der Waals surface area contributed by atoms with E-state index < -0.39 is 11.0 Å². The number of aromatic hydroxyl groups is 1. The topological polar surface area (TPSA) is 73.2 Å². The van der Waals surface area contributed by atoms with Crippen LogP contribution in [0.3, 0.4) is 0 Å². The fourth-order valence-electron chi connectivity index (χ4n) is 7.86. The number of amides is 1. The van der Waals surface area contributed by atoms with Crippen molar-refractivity contribution >= 4 is 12.0 Å². The third-order valence-corrected chi connectivity index (χ3v) is 9.79. The van der Waals surface area contributed by atoms with Gasteiger partial charge in [0.05, 0.1) is 17.1 Å². The lowest BCUT2D eigenvalue weighted by molar-refractivity contribution is -0.200. The quantitative estimate of drug-likeness (QED) is 0.633. The summed E-state index contributed by atoms with van der Waals surface area (Å²) in [5.74, 6) is 1.34. The van der Waals surface area contributed by atoms with Crippen LogP contribution in [-0.2, 0) is 16.6 Å². The second-order valence-corrected chi connectivity index (χ2v) is 11.6. The van der Waals surface area contributed by atoms with Gasteiger partial charge in [0.15, 0.2) is 11.5 Å². The summed E-state index contributed by atoms with van der Waals surface area (Å²) in [7, 11) is 1.85. The molecule has 0 radical (unpaired) electrons. The molecular formula is C30H34N2O4. The average molecular weight is 487 g/mol. The number of carbonyl (C=O) groups excluding carboxylic acids is 1. The van der Waals surface area contributed by atoms with Gasteiger partial charge in [-0.15, -0.1) is 0 Å². The minimum atomic E-state index is -0.933. The number of hydrogen-bond acceptors (Lipinski definition) is 5. The standard InChI is InChI=1S/C30H34N2O4/c1-31(25(34)12-9-19-5-3-2-4-6-19)22-13-14-30(35)24-17-21-10-11-23(33)27-26(21)29(30,28(22)36-27)15-16-32(24)18-20-7-8-20/h2-6,9-12,20,22,24,28,33,35H,7-8,13-18H2,1H3/b12-9+/t22-,24-,28?,29+,30-/m1/s1. The van der Waals surface area contributed by atoms with Crippen molar-refractivity contribution in [2.45, 2.75) is 67.7 Å². The van der Waals surface area contributed by atoms with Gasteiger partial charge in [0.1, 0.15) is 6.10 Å². The predicted molar refractivity (Wildman–Crippen MR) is 137 cm³/mol. The zero-order chi connectivity index (χ0) is 24.7. The molecule has 2 aromatic carbocycles. The Kier molecular flexibility index (Phi) is 4.87. The normalized spacial score (nSPS) is 34.3. The lowest BCUT2D eigenvalue weighted by Gasteiger charge is -2.64. The highest BCUT2D eigenvalue weighted by Gasteiger charge is 2.73. The molecule has 5 aliphatic rings. The zero-order valence-electron chi connectivity index (χ0n) is 20.8. The van der Waals surface area contributed by atoms with Gasteiger partial charge in [0, 0.05) is 31.3 Å². The lowest BCUT2D eigenvalue weighted by Crippen LogP contribution is -2.78. The number of phenolic OH excluding ortho intramolecular Hbond substituents is 1. The van der Waals surface area contributed by atoms with Crippen LogP contribution in [0.15, 0.2) is 48.5 Å². The van der Waals surface area contributed by atoms with E-state index in [-0.39, 0.29) is 29.8 Å². The first-order valence-electron chi connectivity index (χ1n) is 13.4. The Morgan fingerprint density at radius 3 is 2.75 bits per heavy atom. The zero-order valence-corrected chi connectivity index (χ0v) is 20.8. The van der Waals surface area contributed by atoms with Crippen LogP contribution in [0, 0.1) is 5.92 Å². The van der Waals surface area contributed by atoms with Crippen LogP contribution < -0.4 is 4.74 Å². The van der Waals surface area contributed by atoms with E-state index in [1.807, 2.05) is 49.5 Å². The van der Waals surface area contributed by atoms with E-state index in [1.54, 1.807) is 17.0 Å². The number of benzene rings is 2. The predicted octanol–water partition coefficient (Wildman–Crippen LogP) is 3.50. The summed E-state index contributed by atoms with van der Waals surface area (Å²) in [6, 6.07) is 13.4. The van der Waals surface area contributed by atoms with E-state index in [2.05, 4.69) is 4.90 Å². The van der Waals surface area contributed by atoms with Crippen LogP contribution in [0.1, 0.15) is 48.8 Å². The minimum Gasteiger partial charge on any atom is -0.504 e. The second kappa shape index (κ2) is 7.83. The fraction of sp³-hybridized carbons (Fsp3) is 0.500. The van der Waals surface area contributed by atoms with E-state index in [0.717, 1.165) is 43.0 Å². The molecule has 1 amide bonds. The number of likely N-dealkylation sites (tertiary alicyclic amines) is 1. The molecular weight excluding hydrogens is 452 g/mol. The highest BCUT2D eigenvalue weighted by molar-refractivity contribution is 5.92. The molecule has 2 aromatic rings. The third kappa shape index (κ3) is 3.00. The van der Waals surface area contributed by atoms with Gasteiger partial charge < -0.3 is 19.8 Å². The Labute approximate surface area is 212 Å². The number of phenols is 1. The minimum absolute atomic E-state index is 0.0425. The van der Waals surface area contributed by atoms with E-state index >= 15 is 0 Å². The summed E-state index contributed by atoms with van der Waals surface area (Å²) in [5, 5.41) is 23.4. The van der Waals surface area contributed by atoms with Crippen LogP contribution in [0.25, 0.3) is 6.08 Å². The molecule has 2 bridgehead atoms. The van der Waals surface area contributed by atoms with Gasteiger partial charge in [0.25, 0.3) is 0 Å². The highest BCUT2D eigenvalue weighted by atomic mass is 16.5. The average Bonchev–Trinajstić information content (AvgIpc) is 3.63. The first kappa shape index (κ1) is 22.4. The molecule has 2 heterocycles. The molecule has 1 unspecified atom stereocenters. The van der Waals surface area contributed by atoms with Gasteiger partial charge in [0.2, 0.25) is 5.91 Å². The molecule has 3 aliphatic carbocycles. The molecule has 0 aromatic heterocycles. The van der Waals surface area contributed by atoms with Crippen LogP contribution in [0.2, 0.25) is 0 Å². The number of nitrogens with zero attached hydrogens (tertiary/aromatic N) is 2. The maximum Gasteiger partial charge on any atom is 0.246 e. The molecule has 1 saturated heterocycles. The molecule has 6 heteroatoms. The van der Waals surface area contributed by atoms with Gasteiger partial charge in [-0.1, -0.05) is 36.4 Å². The summed E-state index contributed by atoms with van der Waals surface area (Å²) < 4.78 is 6.60. The lowest BCUT2D eigenvalue weighted by atomic mass is 9.48. The monoisotopic (exact) mass is 486 g/mol. The van der Waals surface area contributed by atoms with Crippen LogP contribution in [-0.4, -0.2) is 69.8 Å². The van der Waals surface area contributed by atoms with Gasteiger partial charge in [-0.25, -0.2) is 0 Å². The SMILES string of the molecule is CN(C(=O)/C=C/c1ccccc1)[C@@H]1CC[C@@]2(O)[C@H]3Cc4ccc(O)c5c4[C@@]2(CCN3CC2CC2)C1O5. The first-order valence-corrected chi connectivity index (χ1v) is 13.4. The first-order chi connectivity index (χ1) is 17.4. The van der Waals surface area contributed by atoms with Gasteiger partial charge in [-0.05, 0) is 74.3 Å². The number of ether oxygens (including phenoxy) is 1. The summed E-state index contributed by atoms with van der Waals surface area (Å²) in [5.41, 5.74) is 1.62. The largest absolute Gasteiger partial charge is 0.504 e. The van der Waals surface area contributed by atoms with Gasteiger partial charge in [-0.3, -0.25) is 9.69 Å². The molecule has 2 aliphatic heterocycles. The van der Waals surface area contributed by atoms with E-state index in [4.69, 9.17) is 4.74 Å². The van der Waals surface area contributed by atoms with Gasteiger partial charge in [-0.2, -0.15) is 0 Å². The smallest absolute Gasteiger partial charge is 0.246 e. The highest BCUT2D eigenvalue weighted by Crippen LogP contribution is 2.66. The molecule has 5 atom stereocenters. The Hall–Kier alpha value is -2.83. The van der Waals surface area contributed by atoms with Gasteiger partial charge >= 0.3 is 0 Å². The van der Waals surface area contributed by atoms with Crippen LogP contribution >= 0.6 is 0 Å². The number of piperidine rings is 1. The Morgan fingerprint density at radius 1 is 1.17 bits per heavy atom. The summed E-state index contributed by atoms with van der Waals surface area (Å²) in [4.78, 5) is 17.6.